The highest BCUT2D eigenvalue weighted by Gasteiger charge is 2.45. The van der Waals surface area contributed by atoms with Crippen LogP contribution in [0.4, 0.5) is 0 Å². The van der Waals surface area contributed by atoms with E-state index < -0.39 is 0 Å². The molecule has 96 valence electrons. The fourth-order valence-corrected chi connectivity index (χ4v) is 5.97. The minimum Gasteiger partial charge on any atom is -0.192 e. The van der Waals surface area contributed by atoms with Crippen molar-refractivity contribution in [1.82, 2.24) is 0 Å². The van der Waals surface area contributed by atoms with Gasteiger partial charge in [-0.1, -0.05) is 32.9 Å². The van der Waals surface area contributed by atoms with Crippen LogP contribution in [0.15, 0.2) is 24.3 Å². The van der Waals surface area contributed by atoms with Gasteiger partial charge in [-0.05, 0) is 41.0 Å². The third-order valence-electron chi connectivity index (χ3n) is 3.28. The van der Waals surface area contributed by atoms with Gasteiger partial charge < -0.3 is 0 Å². The average Bonchev–Trinajstić information content (AvgIpc) is 2.38. The number of nitriles is 1. The minimum atomic E-state index is 0.124. The fraction of sp³-hybridized carbons (Fsp3) is 0.533. The van der Waals surface area contributed by atoms with Gasteiger partial charge in [-0.15, -0.1) is 23.5 Å². The molecule has 18 heavy (non-hydrogen) atoms. The summed E-state index contributed by atoms with van der Waals surface area (Å²) in [4.78, 5) is 0. The van der Waals surface area contributed by atoms with Gasteiger partial charge in [0.05, 0.1) is 15.7 Å². The molecule has 1 aliphatic rings. The van der Waals surface area contributed by atoms with Crippen LogP contribution in [0, 0.1) is 16.7 Å². The Morgan fingerprint density at radius 3 is 2.11 bits per heavy atom. The van der Waals surface area contributed by atoms with Gasteiger partial charge in [-0.25, -0.2) is 0 Å². The first-order chi connectivity index (χ1) is 8.49. The summed E-state index contributed by atoms with van der Waals surface area (Å²) in [6.45, 7) is 6.95. The van der Waals surface area contributed by atoms with Crippen molar-refractivity contribution in [2.75, 3.05) is 11.5 Å². The molecule has 1 nitrogen and oxygen atoms in total. The zero-order valence-corrected chi connectivity index (χ0v) is 12.8. The average molecular weight is 277 g/mol. The quantitative estimate of drug-likeness (QED) is 0.748. The molecule has 1 aromatic rings. The molecule has 0 radical (unpaired) electrons. The van der Waals surface area contributed by atoms with Gasteiger partial charge in [0.25, 0.3) is 0 Å². The monoisotopic (exact) mass is 277 g/mol. The van der Waals surface area contributed by atoms with Gasteiger partial charge >= 0.3 is 0 Å². The van der Waals surface area contributed by atoms with Crippen molar-refractivity contribution in [1.29, 1.82) is 5.26 Å². The van der Waals surface area contributed by atoms with Crippen LogP contribution in [0.25, 0.3) is 0 Å². The Morgan fingerprint density at radius 2 is 1.67 bits per heavy atom. The van der Waals surface area contributed by atoms with Crippen LogP contribution >= 0.6 is 23.5 Å². The summed E-state index contributed by atoms with van der Waals surface area (Å²) in [5, 5.41) is 8.90. The lowest BCUT2D eigenvalue weighted by Gasteiger charge is -2.46. The Labute approximate surface area is 118 Å². The Morgan fingerprint density at radius 1 is 1.11 bits per heavy atom. The fourth-order valence-electron chi connectivity index (χ4n) is 2.33. The second-order valence-electron chi connectivity index (χ2n) is 5.61. The van der Waals surface area contributed by atoms with Crippen LogP contribution in [-0.4, -0.2) is 11.5 Å². The molecule has 0 atom stereocenters. The van der Waals surface area contributed by atoms with Crippen LogP contribution < -0.4 is 0 Å². The predicted octanol–water partition coefficient (Wildman–Crippen LogP) is 4.63. The van der Waals surface area contributed by atoms with E-state index in [1.165, 1.54) is 23.5 Å². The van der Waals surface area contributed by atoms with Gasteiger partial charge in [-0.3, -0.25) is 0 Å². The molecule has 0 N–H and O–H groups in total. The van der Waals surface area contributed by atoms with Crippen molar-refractivity contribution in [3.63, 3.8) is 0 Å². The van der Waals surface area contributed by atoms with Crippen molar-refractivity contribution in [2.24, 2.45) is 5.41 Å². The summed E-state index contributed by atoms with van der Waals surface area (Å²) >= 11 is 4.13. The van der Waals surface area contributed by atoms with Crippen molar-refractivity contribution in [2.45, 2.75) is 31.3 Å². The predicted molar refractivity (Wildman–Crippen MR) is 81.8 cm³/mol. The number of thioether (sulfide) groups is 2. The molecule has 0 unspecified atom stereocenters. The molecule has 0 aliphatic carbocycles. The lowest BCUT2D eigenvalue weighted by atomic mass is 9.86. The van der Waals surface area contributed by atoms with Crippen molar-refractivity contribution in [3.05, 3.63) is 35.4 Å². The first-order valence-corrected chi connectivity index (χ1v) is 8.25. The topological polar surface area (TPSA) is 23.8 Å². The molecule has 1 aromatic carbocycles. The van der Waals surface area contributed by atoms with Crippen LogP contribution in [0.1, 0.15) is 38.3 Å². The van der Waals surface area contributed by atoms with Gasteiger partial charge in [0, 0.05) is 0 Å². The smallest absolute Gasteiger partial charge is 0.0991 e. The molecule has 1 aliphatic heterocycles. The summed E-state index contributed by atoms with van der Waals surface area (Å²) in [7, 11) is 0. The lowest BCUT2D eigenvalue weighted by molar-refractivity contribution is 0.371. The second kappa shape index (κ2) is 5.19. The third kappa shape index (κ3) is 2.41. The molecular weight excluding hydrogens is 258 g/mol. The SMILES string of the molecule is CC(C)(C)C1(c2ccc(C#N)cc2)SCCCS1. The summed E-state index contributed by atoms with van der Waals surface area (Å²) < 4.78 is 0.124. The van der Waals surface area contributed by atoms with Crippen molar-refractivity contribution < 1.29 is 0 Å². The Kier molecular flexibility index (Phi) is 3.99. The van der Waals surface area contributed by atoms with Gasteiger partial charge in [-0.2, -0.15) is 5.26 Å². The highest BCUT2D eigenvalue weighted by atomic mass is 32.2. The van der Waals surface area contributed by atoms with Crippen LogP contribution in [0.3, 0.4) is 0 Å². The Balaban J connectivity index is 2.43. The van der Waals surface area contributed by atoms with Crippen LogP contribution in [-0.2, 0) is 4.08 Å². The molecule has 2 rings (SSSR count). The van der Waals surface area contributed by atoms with E-state index in [-0.39, 0.29) is 9.49 Å². The number of nitrogens with zero attached hydrogens (tertiary/aromatic N) is 1. The molecule has 1 fully saturated rings. The van der Waals surface area contributed by atoms with Crippen LogP contribution in [0.5, 0.6) is 0 Å². The molecule has 1 saturated heterocycles. The van der Waals surface area contributed by atoms with E-state index in [0.29, 0.717) is 0 Å². The Hall–Kier alpha value is -0.590. The summed E-state index contributed by atoms with van der Waals surface area (Å²) in [6, 6.07) is 10.3. The van der Waals surface area contributed by atoms with E-state index >= 15 is 0 Å². The maximum atomic E-state index is 8.90. The molecule has 0 bridgehead atoms. The molecule has 0 amide bonds. The van der Waals surface area contributed by atoms with E-state index in [1.54, 1.807) is 0 Å². The second-order valence-corrected chi connectivity index (χ2v) is 8.48. The van der Waals surface area contributed by atoms with Crippen molar-refractivity contribution >= 4 is 23.5 Å². The molecule has 0 aromatic heterocycles. The zero-order chi connectivity index (χ0) is 13.2. The third-order valence-corrected chi connectivity index (χ3v) is 7.48. The summed E-state index contributed by atoms with van der Waals surface area (Å²) in [6.07, 6.45) is 1.30. The first kappa shape index (κ1) is 13.8. The number of rotatable bonds is 1. The minimum absolute atomic E-state index is 0.124. The molecule has 0 spiro atoms. The molecule has 3 heteroatoms. The van der Waals surface area contributed by atoms with Crippen molar-refractivity contribution in [3.8, 4) is 6.07 Å². The van der Waals surface area contributed by atoms with Gasteiger partial charge in [0.15, 0.2) is 0 Å². The molecule has 0 saturated carbocycles. The molecular formula is C15H19NS2. The van der Waals surface area contributed by atoms with E-state index in [1.807, 2.05) is 12.1 Å². The van der Waals surface area contributed by atoms with E-state index in [0.717, 1.165) is 5.56 Å². The Bertz CT molecular complexity index is 445. The highest BCUT2D eigenvalue weighted by molar-refractivity contribution is 8.18. The summed E-state index contributed by atoms with van der Waals surface area (Å²) in [5.74, 6) is 2.45. The largest absolute Gasteiger partial charge is 0.192 e. The highest BCUT2D eigenvalue weighted by Crippen LogP contribution is 2.60. The number of benzene rings is 1. The zero-order valence-electron chi connectivity index (χ0n) is 11.2. The van der Waals surface area contributed by atoms with Gasteiger partial charge in [0.1, 0.15) is 0 Å². The van der Waals surface area contributed by atoms with E-state index in [4.69, 9.17) is 5.26 Å². The van der Waals surface area contributed by atoms with E-state index in [9.17, 15) is 0 Å². The van der Waals surface area contributed by atoms with Gasteiger partial charge in [0.2, 0.25) is 0 Å². The maximum absolute atomic E-state index is 8.90. The summed E-state index contributed by atoms with van der Waals surface area (Å²) in [5.41, 5.74) is 2.30. The van der Waals surface area contributed by atoms with E-state index in [2.05, 4.69) is 62.5 Å². The lowest BCUT2D eigenvalue weighted by Crippen LogP contribution is -2.36. The maximum Gasteiger partial charge on any atom is 0.0991 e. The number of hydrogen-bond acceptors (Lipinski definition) is 3. The standard InChI is InChI=1S/C15H19NS2/c1-14(2,3)15(17-9-4-10-18-15)13-7-5-12(11-16)6-8-13/h5-8H,4,9-10H2,1-3H3. The first-order valence-electron chi connectivity index (χ1n) is 6.28. The number of hydrogen-bond donors (Lipinski definition) is 0. The molecule has 1 heterocycles. The van der Waals surface area contributed by atoms with Crippen LogP contribution in [0.2, 0.25) is 0 Å². The normalized spacial score (nSPS) is 19.2.